The fourth-order valence-corrected chi connectivity index (χ4v) is 2.94. The zero-order chi connectivity index (χ0) is 15.1. The van der Waals surface area contributed by atoms with E-state index >= 15 is 0 Å². The molecular formula is C17H16FNO2. The predicted molar refractivity (Wildman–Crippen MR) is 77.1 cm³/mol. The van der Waals surface area contributed by atoms with Crippen LogP contribution in [0.15, 0.2) is 42.5 Å². The van der Waals surface area contributed by atoms with Crippen LogP contribution in [0.4, 0.5) is 4.39 Å². The summed E-state index contributed by atoms with van der Waals surface area (Å²) in [6.07, 6.45) is -1.11. The molecule has 0 fully saturated rings. The molecule has 3 nitrogen and oxygen atoms in total. The normalized spacial score (nSPS) is 18.8. The second kappa shape index (κ2) is 4.97. The van der Waals surface area contributed by atoms with E-state index in [1.165, 1.54) is 23.1 Å². The van der Waals surface area contributed by atoms with E-state index in [-0.39, 0.29) is 11.9 Å². The van der Waals surface area contributed by atoms with Crippen molar-refractivity contribution in [3.8, 4) is 0 Å². The number of carbonyl (C=O) groups excluding carboxylic acids is 1. The van der Waals surface area contributed by atoms with Gasteiger partial charge in [-0.05, 0) is 43.2 Å². The third-order valence-electron chi connectivity index (χ3n) is 4.08. The molecule has 2 unspecified atom stereocenters. The maximum absolute atomic E-state index is 13.3. The van der Waals surface area contributed by atoms with Crippen LogP contribution in [0.5, 0.6) is 0 Å². The van der Waals surface area contributed by atoms with Crippen LogP contribution in [0, 0.1) is 12.7 Å². The van der Waals surface area contributed by atoms with Crippen LogP contribution < -0.4 is 0 Å². The Labute approximate surface area is 122 Å². The Morgan fingerprint density at radius 2 is 1.95 bits per heavy atom. The molecule has 1 aliphatic rings. The Balaban J connectivity index is 2.02. The van der Waals surface area contributed by atoms with Crippen LogP contribution in [0.25, 0.3) is 0 Å². The van der Waals surface area contributed by atoms with E-state index in [0.717, 1.165) is 11.1 Å². The van der Waals surface area contributed by atoms with Crippen molar-refractivity contribution in [1.29, 1.82) is 0 Å². The van der Waals surface area contributed by atoms with Gasteiger partial charge in [-0.1, -0.05) is 24.3 Å². The van der Waals surface area contributed by atoms with E-state index in [4.69, 9.17) is 0 Å². The van der Waals surface area contributed by atoms with Crippen LogP contribution >= 0.6 is 0 Å². The Kier molecular flexibility index (Phi) is 3.26. The highest BCUT2D eigenvalue weighted by Crippen LogP contribution is 2.38. The number of benzene rings is 2. The first-order chi connectivity index (χ1) is 10.0. The lowest BCUT2D eigenvalue weighted by Crippen LogP contribution is -2.31. The second-order valence-electron chi connectivity index (χ2n) is 5.35. The molecule has 1 aliphatic heterocycles. The van der Waals surface area contributed by atoms with E-state index < -0.39 is 12.0 Å². The molecule has 0 radical (unpaired) electrons. The molecule has 4 heteroatoms. The van der Waals surface area contributed by atoms with Gasteiger partial charge in [-0.2, -0.15) is 0 Å². The summed E-state index contributed by atoms with van der Waals surface area (Å²) >= 11 is 0. The molecule has 2 aromatic carbocycles. The molecule has 3 rings (SSSR count). The number of hydrogen-bond acceptors (Lipinski definition) is 2. The monoisotopic (exact) mass is 285 g/mol. The largest absolute Gasteiger partial charge is 0.369 e. The molecule has 1 amide bonds. The summed E-state index contributed by atoms with van der Waals surface area (Å²) in [5.74, 6) is -0.723. The fraction of sp³-hybridized carbons (Fsp3) is 0.235. The van der Waals surface area contributed by atoms with Gasteiger partial charge in [-0.25, -0.2) is 4.39 Å². The van der Waals surface area contributed by atoms with Gasteiger partial charge in [0.25, 0.3) is 5.91 Å². The lowest BCUT2D eigenvalue weighted by atomic mass is 10.0. The van der Waals surface area contributed by atoms with Crippen molar-refractivity contribution in [3.63, 3.8) is 0 Å². The number of nitrogens with zero attached hydrogens (tertiary/aromatic N) is 1. The molecule has 2 aromatic rings. The average Bonchev–Trinajstić information content (AvgIpc) is 2.70. The molecule has 0 spiro atoms. The van der Waals surface area contributed by atoms with Crippen LogP contribution in [0.2, 0.25) is 0 Å². The quantitative estimate of drug-likeness (QED) is 0.919. The summed E-state index contributed by atoms with van der Waals surface area (Å²) < 4.78 is 13.3. The summed E-state index contributed by atoms with van der Waals surface area (Å²) in [7, 11) is 0. The molecule has 0 aliphatic carbocycles. The van der Waals surface area contributed by atoms with Gasteiger partial charge < -0.3 is 10.0 Å². The molecule has 21 heavy (non-hydrogen) atoms. The maximum Gasteiger partial charge on any atom is 0.257 e. The third kappa shape index (κ3) is 2.12. The lowest BCUT2D eigenvalue weighted by Gasteiger charge is -2.29. The third-order valence-corrected chi connectivity index (χ3v) is 4.08. The number of amides is 1. The fourth-order valence-electron chi connectivity index (χ4n) is 2.94. The van der Waals surface area contributed by atoms with Gasteiger partial charge in [-0.3, -0.25) is 4.79 Å². The number of aliphatic hydroxyl groups excluding tert-OH is 1. The first-order valence-electron chi connectivity index (χ1n) is 6.86. The summed E-state index contributed by atoms with van der Waals surface area (Å²) in [6.45, 7) is 3.83. The Bertz CT molecular complexity index is 714. The molecule has 0 saturated carbocycles. The number of rotatable bonds is 2. The predicted octanol–water partition coefficient (Wildman–Crippen LogP) is 3.34. The van der Waals surface area contributed by atoms with Crippen molar-refractivity contribution < 1.29 is 14.3 Å². The van der Waals surface area contributed by atoms with E-state index in [1.54, 1.807) is 0 Å². The molecule has 1 N–H and O–H groups in total. The first-order valence-corrected chi connectivity index (χ1v) is 6.86. The molecule has 2 atom stereocenters. The van der Waals surface area contributed by atoms with Gasteiger partial charge in [-0.15, -0.1) is 0 Å². The lowest BCUT2D eigenvalue weighted by molar-refractivity contribution is -0.000516. The van der Waals surface area contributed by atoms with E-state index in [9.17, 15) is 14.3 Å². The summed E-state index contributed by atoms with van der Waals surface area (Å²) in [5, 5.41) is 10.4. The standard InChI is InChI=1S/C17H16FNO2/c1-10-5-3-4-6-13(10)11(2)19-16(20)14-8-7-12(18)9-15(14)17(19)21/h3-9,11,17,21H,1-2H3. The Hall–Kier alpha value is -2.20. The van der Waals surface area contributed by atoms with Crippen LogP contribution in [0.3, 0.4) is 0 Å². The van der Waals surface area contributed by atoms with Crippen molar-refractivity contribution in [3.05, 3.63) is 70.5 Å². The van der Waals surface area contributed by atoms with Crippen LogP contribution in [-0.4, -0.2) is 15.9 Å². The maximum atomic E-state index is 13.3. The van der Waals surface area contributed by atoms with Crippen LogP contribution in [0.1, 0.15) is 46.2 Å². The van der Waals surface area contributed by atoms with Crippen molar-refractivity contribution >= 4 is 5.91 Å². The van der Waals surface area contributed by atoms with Gasteiger partial charge in [0, 0.05) is 11.1 Å². The molecule has 0 bridgehead atoms. The first kappa shape index (κ1) is 13.8. The van der Waals surface area contributed by atoms with Gasteiger partial charge in [0.05, 0.1) is 6.04 Å². The van der Waals surface area contributed by atoms with Gasteiger partial charge >= 0.3 is 0 Å². The van der Waals surface area contributed by atoms with Gasteiger partial charge in [0.1, 0.15) is 5.82 Å². The number of carbonyl (C=O) groups is 1. The van der Waals surface area contributed by atoms with E-state index in [2.05, 4.69) is 0 Å². The Morgan fingerprint density at radius 1 is 1.24 bits per heavy atom. The summed E-state index contributed by atoms with van der Waals surface area (Å²) in [4.78, 5) is 13.9. The molecule has 108 valence electrons. The van der Waals surface area contributed by atoms with Crippen LogP contribution in [-0.2, 0) is 0 Å². The summed E-state index contributed by atoms with van der Waals surface area (Å²) in [5.41, 5.74) is 2.72. The zero-order valence-corrected chi connectivity index (χ0v) is 11.9. The SMILES string of the molecule is Cc1ccccc1C(C)N1C(=O)c2ccc(F)cc2C1O. The summed E-state index contributed by atoms with van der Waals surface area (Å²) in [6, 6.07) is 11.3. The highest BCUT2D eigenvalue weighted by Gasteiger charge is 2.39. The second-order valence-corrected chi connectivity index (χ2v) is 5.35. The van der Waals surface area contributed by atoms with Crippen molar-refractivity contribution in [2.45, 2.75) is 26.1 Å². The number of aryl methyl sites for hydroxylation is 1. The highest BCUT2D eigenvalue weighted by molar-refractivity contribution is 5.99. The molecule has 0 aromatic heterocycles. The van der Waals surface area contributed by atoms with E-state index in [0.29, 0.717) is 11.1 Å². The van der Waals surface area contributed by atoms with E-state index in [1.807, 2.05) is 38.1 Å². The minimum atomic E-state index is -1.11. The van der Waals surface area contributed by atoms with Crippen molar-refractivity contribution in [1.82, 2.24) is 4.90 Å². The number of fused-ring (bicyclic) bond motifs is 1. The number of hydrogen-bond donors (Lipinski definition) is 1. The topological polar surface area (TPSA) is 40.5 Å². The molecule has 1 heterocycles. The van der Waals surface area contributed by atoms with Crippen molar-refractivity contribution in [2.24, 2.45) is 0 Å². The zero-order valence-electron chi connectivity index (χ0n) is 11.9. The van der Waals surface area contributed by atoms with Gasteiger partial charge in [0.15, 0.2) is 6.23 Å². The minimum Gasteiger partial charge on any atom is -0.369 e. The molecule has 0 saturated heterocycles. The smallest absolute Gasteiger partial charge is 0.257 e. The highest BCUT2D eigenvalue weighted by atomic mass is 19.1. The average molecular weight is 285 g/mol. The van der Waals surface area contributed by atoms with Crippen molar-refractivity contribution in [2.75, 3.05) is 0 Å². The minimum absolute atomic E-state index is 0.270. The van der Waals surface area contributed by atoms with Gasteiger partial charge in [0.2, 0.25) is 0 Å². The number of aliphatic hydroxyl groups is 1. The Morgan fingerprint density at radius 3 is 2.67 bits per heavy atom. The molecular weight excluding hydrogens is 269 g/mol. The number of halogens is 1.